The predicted octanol–water partition coefficient (Wildman–Crippen LogP) is 0.910. The lowest BCUT2D eigenvalue weighted by molar-refractivity contribution is -0.140. The van der Waals surface area contributed by atoms with Crippen LogP contribution in [-0.4, -0.2) is 168 Å². The number of rotatable bonds is 20. The van der Waals surface area contributed by atoms with Crippen LogP contribution in [0, 0.1) is 0 Å². The molecule has 1 aliphatic rings. The lowest BCUT2D eigenvalue weighted by Crippen LogP contribution is -2.48. The number of carboxylic acid groups (broad SMARTS) is 3. The van der Waals surface area contributed by atoms with Gasteiger partial charge in [0.05, 0.1) is 32.3 Å². The molecule has 2 amide bonds. The fraction of sp³-hybridized carbons (Fsp3) is 0.538. The topological polar surface area (TPSA) is 221 Å². The van der Waals surface area contributed by atoms with Crippen LogP contribution < -0.4 is 16.4 Å². The van der Waals surface area contributed by atoms with Crippen molar-refractivity contribution in [3.63, 3.8) is 0 Å². The van der Waals surface area contributed by atoms with Gasteiger partial charge >= 0.3 is 17.9 Å². The summed E-state index contributed by atoms with van der Waals surface area (Å²) in [6.07, 6.45) is 2.96. The zero-order valence-electron chi connectivity index (χ0n) is 31.9. The van der Waals surface area contributed by atoms with Gasteiger partial charge in [-0.05, 0) is 36.0 Å². The number of hydrogen-bond donors (Lipinski definition) is 6. The summed E-state index contributed by atoms with van der Waals surface area (Å²) in [5.74, 6) is -3.62. The molecule has 1 fully saturated rings. The maximum atomic E-state index is 13.7. The van der Waals surface area contributed by atoms with Crippen LogP contribution in [0.3, 0.4) is 0 Å². The summed E-state index contributed by atoms with van der Waals surface area (Å²) in [6, 6.07) is 17.2. The molecule has 0 aliphatic carbocycles. The number of aliphatic carboxylic acids is 3. The van der Waals surface area contributed by atoms with Gasteiger partial charge in [0.25, 0.3) is 5.91 Å². The van der Waals surface area contributed by atoms with Crippen LogP contribution in [0.4, 0.5) is 0 Å². The Morgan fingerprint density at radius 3 is 1.64 bits per heavy atom. The summed E-state index contributed by atoms with van der Waals surface area (Å²) >= 11 is 0. The quantitative estimate of drug-likeness (QED) is 0.0816. The molecule has 0 spiro atoms. The Morgan fingerprint density at radius 2 is 1.15 bits per heavy atom. The normalized spacial score (nSPS) is 16.4. The molecule has 7 N–H and O–H groups in total. The van der Waals surface area contributed by atoms with Gasteiger partial charge in [-0.1, -0.05) is 67.9 Å². The second kappa shape index (κ2) is 24.6. The molecule has 55 heavy (non-hydrogen) atoms. The van der Waals surface area contributed by atoms with E-state index in [0.29, 0.717) is 71.7 Å². The lowest BCUT2D eigenvalue weighted by atomic mass is 10.0. The Bertz CT molecular complexity index is 1510. The van der Waals surface area contributed by atoms with E-state index in [2.05, 4.69) is 10.6 Å². The summed E-state index contributed by atoms with van der Waals surface area (Å²) < 4.78 is 0. The van der Waals surface area contributed by atoms with E-state index >= 15 is 0 Å². The smallest absolute Gasteiger partial charge is 0.317 e. The number of benzene rings is 2. The van der Waals surface area contributed by atoms with E-state index in [0.717, 1.165) is 29.5 Å². The number of aliphatic imine (C=N–C) groups is 1. The average molecular weight is 767 g/mol. The summed E-state index contributed by atoms with van der Waals surface area (Å²) in [7, 11) is 0. The monoisotopic (exact) mass is 766 g/mol. The SMILES string of the molecule is CCCCNC(=O)[C@H](N)CCCNC(=O)C(Cc1ccc(-c2ccccc2)cc1)=NCN1CCN(CC(=O)O)CCN(CC(=O)O)CCN(CC(=O)O)CC1. The van der Waals surface area contributed by atoms with Gasteiger partial charge in [0, 0.05) is 71.9 Å². The van der Waals surface area contributed by atoms with Crippen molar-refractivity contribution in [2.45, 2.75) is 45.1 Å². The van der Waals surface area contributed by atoms with E-state index in [1.807, 2.05) is 66.4 Å². The van der Waals surface area contributed by atoms with Gasteiger partial charge in [0.2, 0.25) is 5.91 Å². The van der Waals surface area contributed by atoms with Crippen molar-refractivity contribution in [3.05, 3.63) is 60.2 Å². The van der Waals surface area contributed by atoms with Crippen molar-refractivity contribution in [1.82, 2.24) is 30.2 Å². The van der Waals surface area contributed by atoms with E-state index < -0.39 is 23.9 Å². The van der Waals surface area contributed by atoms with Gasteiger partial charge in [0.1, 0.15) is 5.71 Å². The zero-order chi connectivity index (χ0) is 40.0. The molecule has 0 radical (unpaired) electrons. The van der Waals surface area contributed by atoms with Gasteiger partial charge < -0.3 is 31.7 Å². The molecule has 0 saturated carbocycles. The molecule has 2 aromatic carbocycles. The first-order valence-electron chi connectivity index (χ1n) is 19.0. The maximum absolute atomic E-state index is 13.7. The molecule has 0 unspecified atom stereocenters. The fourth-order valence-electron chi connectivity index (χ4n) is 6.08. The van der Waals surface area contributed by atoms with Gasteiger partial charge in [-0.3, -0.25) is 48.6 Å². The van der Waals surface area contributed by atoms with Crippen LogP contribution in [0.15, 0.2) is 59.6 Å². The number of nitrogens with one attached hydrogen (secondary N) is 2. The van der Waals surface area contributed by atoms with Crippen molar-refractivity contribution in [2.75, 3.05) is 91.8 Å². The molecule has 1 saturated heterocycles. The largest absolute Gasteiger partial charge is 0.480 e. The summed E-state index contributed by atoms with van der Waals surface area (Å²) in [5.41, 5.74) is 9.33. The van der Waals surface area contributed by atoms with Crippen LogP contribution in [0.5, 0.6) is 0 Å². The minimum absolute atomic E-state index is 0.0978. The third-order valence-electron chi connectivity index (χ3n) is 9.31. The molecular weight excluding hydrogens is 708 g/mol. The molecular formula is C39H58N8O8. The predicted molar refractivity (Wildman–Crippen MR) is 210 cm³/mol. The van der Waals surface area contributed by atoms with Crippen LogP contribution in [0.2, 0.25) is 0 Å². The van der Waals surface area contributed by atoms with Gasteiger partial charge in [-0.15, -0.1) is 0 Å². The zero-order valence-corrected chi connectivity index (χ0v) is 31.9. The first-order valence-corrected chi connectivity index (χ1v) is 19.0. The van der Waals surface area contributed by atoms with Gasteiger partial charge in [-0.25, -0.2) is 0 Å². The number of carbonyl (C=O) groups excluding carboxylic acids is 2. The van der Waals surface area contributed by atoms with E-state index in [-0.39, 0.29) is 56.8 Å². The summed E-state index contributed by atoms with van der Waals surface area (Å²) in [5, 5.41) is 34.3. The Morgan fingerprint density at radius 1 is 0.673 bits per heavy atom. The minimum atomic E-state index is -1.02. The first kappa shape index (κ1) is 44.7. The van der Waals surface area contributed by atoms with Crippen molar-refractivity contribution in [1.29, 1.82) is 0 Å². The molecule has 16 heteroatoms. The van der Waals surface area contributed by atoms with E-state index in [9.17, 15) is 39.3 Å². The number of nitrogens with two attached hydrogens (primary N) is 1. The van der Waals surface area contributed by atoms with Crippen molar-refractivity contribution >= 4 is 35.4 Å². The van der Waals surface area contributed by atoms with Gasteiger partial charge in [-0.2, -0.15) is 0 Å². The van der Waals surface area contributed by atoms with Crippen LogP contribution in [0.25, 0.3) is 11.1 Å². The molecule has 16 nitrogen and oxygen atoms in total. The fourth-order valence-corrected chi connectivity index (χ4v) is 6.08. The Balaban J connectivity index is 1.79. The third kappa shape index (κ3) is 18.0. The van der Waals surface area contributed by atoms with Crippen LogP contribution in [0.1, 0.15) is 38.2 Å². The number of carbonyl (C=O) groups is 5. The Kier molecular flexibility index (Phi) is 20.0. The molecule has 3 rings (SSSR count). The standard InChI is InChI=1S/C39H58N8O8/c1-2-3-15-41-38(54)33(40)10-7-16-42-39(55)34(25-30-11-13-32(14-12-30)31-8-5-4-6-9-31)43-29-47-23-21-45(27-36(50)51)19-17-44(26-35(48)49)18-20-46(22-24-47)28-37(52)53/h4-6,8-9,11-14,33H,2-3,7,10,15-29,40H2,1H3,(H,41,54)(H,42,55)(H,48,49)(H,50,51)(H,52,53)/t33-/m1/s1. The molecule has 0 bridgehead atoms. The van der Waals surface area contributed by atoms with E-state index in [1.54, 1.807) is 14.7 Å². The average Bonchev–Trinajstić information content (AvgIpc) is 3.15. The number of hydrogen-bond acceptors (Lipinski definition) is 11. The van der Waals surface area contributed by atoms with E-state index in [1.165, 1.54) is 0 Å². The third-order valence-corrected chi connectivity index (χ3v) is 9.31. The lowest BCUT2D eigenvalue weighted by Gasteiger charge is -2.32. The first-order chi connectivity index (χ1) is 26.4. The van der Waals surface area contributed by atoms with Crippen molar-refractivity contribution in [3.8, 4) is 11.1 Å². The highest BCUT2D eigenvalue weighted by molar-refractivity contribution is 6.39. The second-order valence-corrected chi connectivity index (χ2v) is 13.8. The molecule has 1 aliphatic heterocycles. The van der Waals surface area contributed by atoms with Crippen molar-refractivity contribution in [2.24, 2.45) is 10.7 Å². The number of amides is 2. The van der Waals surface area contributed by atoms with Gasteiger partial charge in [0.15, 0.2) is 0 Å². The van der Waals surface area contributed by atoms with E-state index in [4.69, 9.17) is 10.7 Å². The number of carboxylic acids is 3. The highest BCUT2D eigenvalue weighted by atomic mass is 16.4. The van der Waals surface area contributed by atoms with Crippen LogP contribution in [-0.2, 0) is 30.4 Å². The van der Waals surface area contributed by atoms with Crippen LogP contribution >= 0.6 is 0 Å². The second-order valence-electron chi connectivity index (χ2n) is 13.8. The number of unbranched alkanes of at least 4 members (excludes halogenated alkanes) is 1. The Hall–Kier alpha value is -4.74. The highest BCUT2D eigenvalue weighted by Crippen LogP contribution is 2.19. The summed E-state index contributed by atoms with van der Waals surface area (Å²) in [6.45, 7) is 4.86. The Labute approximate surface area is 323 Å². The minimum Gasteiger partial charge on any atom is -0.480 e. The molecule has 2 aromatic rings. The number of nitrogens with zero attached hydrogens (tertiary/aromatic N) is 5. The molecule has 1 heterocycles. The highest BCUT2D eigenvalue weighted by Gasteiger charge is 2.21. The molecule has 1 atom stereocenters. The summed E-state index contributed by atoms with van der Waals surface area (Å²) in [4.78, 5) is 72.8. The maximum Gasteiger partial charge on any atom is 0.317 e. The molecule has 302 valence electrons. The van der Waals surface area contributed by atoms with Crippen molar-refractivity contribution < 1.29 is 39.3 Å². The molecule has 0 aromatic heterocycles.